The van der Waals surface area contributed by atoms with Crippen LogP contribution in [0.15, 0.2) is 47.4 Å². The predicted octanol–water partition coefficient (Wildman–Crippen LogP) is 2.33. The summed E-state index contributed by atoms with van der Waals surface area (Å²) in [6.07, 6.45) is 0. The average molecular weight is 365 g/mol. The van der Waals surface area contributed by atoms with Crippen LogP contribution in [0.3, 0.4) is 0 Å². The highest BCUT2D eigenvalue weighted by atomic mass is 32.2. The molecule has 0 unspecified atom stereocenters. The summed E-state index contributed by atoms with van der Waals surface area (Å²) in [6, 6.07) is 9.39. The first-order valence-electron chi connectivity index (χ1n) is 7.20. The van der Waals surface area contributed by atoms with Gasteiger partial charge in [-0.2, -0.15) is 0 Å². The topological polar surface area (TPSA) is 89.5 Å². The first-order chi connectivity index (χ1) is 11.7. The van der Waals surface area contributed by atoms with E-state index < -0.39 is 33.3 Å². The van der Waals surface area contributed by atoms with Gasteiger partial charge in [0.2, 0.25) is 5.91 Å². The van der Waals surface area contributed by atoms with Crippen LogP contribution >= 0.6 is 0 Å². The third kappa shape index (κ3) is 4.63. The van der Waals surface area contributed by atoms with Crippen LogP contribution in [0.5, 0.6) is 0 Å². The summed E-state index contributed by atoms with van der Waals surface area (Å²) in [7, 11) is -2.72. The second-order valence-electron chi connectivity index (χ2n) is 5.31. The van der Waals surface area contributed by atoms with Gasteiger partial charge in [-0.1, -0.05) is 17.7 Å². The smallest absolute Gasteiger partial charge is 0.340 e. The lowest BCUT2D eigenvalue weighted by atomic mass is 10.2. The SMILES string of the molecule is COC(=O)c1cc(NC(=O)CS(=O)(=O)c2ccc(C)cc2)ccc1F. The summed E-state index contributed by atoms with van der Waals surface area (Å²) in [5.41, 5.74) is 0.623. The Morgan fingerprint density at radius 3 is 2.36 bits per heavy atom. The van der Waals surface area contributed by atoms with Crippen molar-refractivity contribution < 1.29 is 27.1 Å². The number of esters is 1. The van der Waals surface area contributed by atoms with Crippen molar-refractivity contribution in [3.05, 3.63) is 59.4 Å². The third-order valence-corrected chi connectivity index (χ3v) is 4.99. The maximum atomic E-state index is 13.6. The first-order valence-corrected chi connectivity index (χ1v) is 8.85. The zero-order valence-electron chi connectivity index (χ0n) is 13.6. The van der Waals surface area contributed by atoms with Crippen LogP contribution < -0.4 is 5.32 Å². The molecule has 132 valence electrons. The lowest BCUT2D eigenvalue weighted by Gasteiger charge is -2.08. The highest BCUT2D eigenvalue weighted by Gasteiger charge is 2.20. The number of amides is 1. The Bertz CT molecular complexity index is 907. The second kappa shape index (κ2) is 7.43. The number of aryl methyl sites for hydroxylation is 1. The quantitative estimate of drug-likeness (QED) is 0.822. The van der Waals surface area contributed by atoms with Crippen molar-refractivity contribution in [2.24, 2.45) is 0 Å². The zero-order chi connectivity index (χ0) is 18.6. The number of halogens is 1. The van der Waals surface area contributed by atoms with E-state index in [9.17, 15) is 22.4 Å². The van der Waals surface area contributed by atoms with Crippen molar-refractivity contribution in [3.63, 3.8) is 0 Å². The monoisotopic (exact) mass is 365 g/mol. The van der Waals surface area contributed by atoms with Gasteiger partial charge in [0, 0.05) is 5.69 Å². The van der Waals surface area contributed by atoms with Crippen LogP contribution in [0.4, 0.5) is 10.1 Å². The van der Waals surface area contributed by atoms with E-state index in [1.807, 2.05) is 6.92 Å². The van der Waals surface area contributed by atoms with Crippen molar-refractivity contribution >= 4 is 27.4 Å². The van der Waals surface area contributed by atoms with Crippen molar-refractivity contribution in [3.8, 4) is 0 Å². The summed E-state index contributed by atoms with van der Waals surface area (Å²) >= 11 is 0. The Balaban J connectivity index is 2.15. The maximum absolute atomic E-state index is 13.6. The Morgan fingerprint density at radius 2 is 1.76 bits per heavy atom. The van der Waals surface area contributed by atoms with E-state index in [1.165, 1.54) is 18.2 Å². The molecule has 1 N–H and O–H groups in total. The molecule has 0 radical (unpaired) electrons. The fourth-order valence-corrected chi connectivity index (χ4v) is 3.20. The minimum absolute atomic E-state index is 0.0302. The molecule has 25 heavy (non-hydrogen) atoms. The first kappa shape index (κ1) is 18.6. The van der Waals surface area contributed by atoms with Gasteiger partial charge in [-0.3, -0.25) is 4.79 Å². The maximum Gasteiger partial charge on any atom is 0.340 e. The number of anilines is 1. The van der Waals surface area contributed by atoms with Crippen molar-refractivity contribution in [1.82, 2.24) is 0 Å². The molecule has 0 aromatic heterocycles. The van der Waals surface area contributed by atoms with Crippen LogP contribution in [0.1, 0.15) is 15.9 Å². The predicted molar refractivity (Wildman–Crippen MR) is 89.6 cm³/mol. The highest BCUT2D eigenvalue weighted by Crippen LogP contribution is 2.17. The summed E-state index contributed by atoms with van der Waals surface area (Å²) in [5, 5.41) is 2.33. The molecule has 2 aromatic carbocycles. The normalized spacial score (nSPS) is 11.0. The van der Waals surface area contributed by atoms with Gasteiger partial charge in [-0.05, 0) is 37.3 Å². The molecule has 2 rings (SSSR count). The standard InChI is InChI=1S/C17H16FNO5S/c1-11-3-6-13(7-4-11)25(22,23)10-16(20)19-12-5-8-15(18)14(9-12)17(21)24-2/h3-9H,10H2,1-2H3,(H,19,20). The molecule has 0 aliphatic carbocycles. The van der Waals surface area contributed by atoms with Gasteiger partial charge in [0.15, 0.2) is 9.84 Å². The zero-order valence-corrected chi connectivity index (χ0v) is 14.4. The Labute approximate surface area is 144 Å². The summed E-state index contributed by atoms with van der Waals surface area (Å²) in [4.78, 5) is 23.5. The molecule has 0 spiro atoms. The van der Waals surface area contributed by atoms with E-state index in [2.05, 4.69) is 10.1 Å². The third-order valence-electron chi connectivity index (χ3n) is 3.36. The second-order valence-corrected chi connectivity index (χ2v) is 7.30. The van der Waals surface area contributed by atoms with E-state index in [1.54, 1.807) is 12.1 Å². The molecule has 1 amide bonds. The van der Waals surface area contributed by atoms with Crippen molar-refractivity contribution in [1.29, 1.82) is 0 Å². The summed E-state index contributed by atoms with van der Waals surface area (Å²) in [5.74, 6) is -3.29. The van der Waals surface area contributed by atoms with Gasteiger partial charge in [-0.25, -0.2) is 17.6 Å². The van der Waals surface area contributed by atoms with Gasteiger partial charge in [0.25, 0.3) is 0 Å². The summed E-state index contributed by atoms with van der Waals surface area (Å²) < 4.78 is 42.4. The number of carbonyl (C=O) groups is 2. The van der Waals surface area contributed by atoms with Gasteiger partial charge < -0.3 is 10.1 Å². The number of rotatable bonds is 5. The van der Waals surface area contributed by atoms with E-state index in [0.29, 0.717) is 0 Å². The number of hydrogen-bond acceptors (Lipinski definition) is 5. The summed E-state index contributed by atoms with van der Waals surface area (Å²) in [6.45, 7) is 1.82. The van der Waals surface area contributed by atoms with Crippen LogP contribution in [-0.2, 0) is 19.4 Å². The lowest BCUT2D eigenvalue weighted by Crippen LogP contribution is -2.23. The number of carbonyl (C=O) groups excluding carboxylic acids is 2. The molecule has 0 aliphatic heterocycles. The lowest BCUT2D eigenvalue weighted by molar-refractivity contribution is -0.113. The number of benzene rings is 2. The molecule has 8 heteroatoms. The number of nitrogens with one attached hydrogen (secondary N) is 1. The van der Waals surface area contributed by atoms with Crippen LogP contribution in [0.2, 0.25) is 0 Å². The average Bonchev–Trinajstić information content (AvgIpc) is 2.55. The molecule has 0 fully saturated rings. The highest BCUT2D eigenvalue weighted by molar-refractivity contribution is 7.92. The fourth-order valence-electron chi connectivity index (χ4n) is 2.07. The van der Waals surface area contributed by atoms with Crippen LogP contribution in [0, 0.1) is 12.7 Å². The van der Waals surface area contributed by atoms with E-state index in [4.69, 9.17) is 0 Å². The van der Waals surface area contributed by atoms with Gasteiger partial charge >= 0.3 is 5.97 Å². The number of ether oxygens (including phenoxy) is 1. The van der Waals surface area contributed by atoms with Crippen LogP contribution in [0.25, 0.3) is 0 Å². The molecule has 0 atom stereocenters. The molecule has 6 nitrogen and oxygen atoms in total. The Hall–Kier alpha value is -2.74. The molecule has 0 heterocycles. The van der Waals surface area contributed by atoms with E-state index in [0.717, 1.165) is 24.8 Å². The number of methoxy groups -OCH3 is 1. The van der Waals surface area contributed by atoms with E-state index >= 15 is 0 Å². The van der Waals surface area contributed by atoms with Crippen LogP contribution in [-0.4, -0.2) is 33.2 Å². The molecule has 0 saturated carbocycles. The molecule has 0 bridgehead atoms. The Morgan fingerprint density at radius 1 is 1.12 bits per heavy atom. The largest absolute Gasteiger partial charge is 0.465 e. The molecule has 0 aliphatic rings. The number of hydrogen-bond donors (Lipinski definition) is 1. The van der Waals surface area contributed by atoms with Gasteiger partial charge in [-0.15, -0.1) is 0 Å². The molecular weight excluding hydrogens is 349 g/mol. The fraction of sp³-hybridized carbons (Fsp3) is 0.176. The molecule has 2 aromatic rings. The Kier molecular flexibility index (Phi) is 5.53. The molecule has 0 saturated heterocycles. The van der Waals surface area contributed by atoms with E-state index in [-0.39, 0.29) is 16.1 Å². The minimum Gasteiger partial charge on any atom is -0.465 e. The van der Waals surface area contributed by atoms with Gasteiger partial charge in [0.05, 0.1) is 17.6 Å². The molecular formula is C17H16FNO5S. The van der Waals surface area contributed by atoms with Crippen molar-refractivity contribution in [2.45, 2.75) is 11.8 Å². The van der Waals surface area contributed by atoms with Crippen molar-refractivity contribution in [2.75, 3.05) is 18.2 Å². The number of sulfone groups is 1. The minimum atomic E-state index is -3.81. The van der Waals surface area contributed by atoms with Gasteiger partial charge in [0.1, 0.15) is 11.6 Å².